The van der Waals surface area contributed by atoms with E-state index in [-0.39, 0.29) is 11.8 Å². The first kappa shape index (κ1) is 20.0. The van der Waals surface area contributed by atoms with Gasteiger partial charge in [-0.2, -0.15) is 0 Å². The SMILES string of the molecule is O=C(c1ccc(-c2cnc3ccccc3c2)cc1Cl)N1CCN(C(=O)C2(O)CC2)CC1. The average Bonchev–Trinajstić information content (AvgIpc) is 3.56. The molecule has 1 saturated heterocycles. The number of piperazine rings is 1. The van der Waals surface area contributed by atoms with Gasteiger partial charge in [-0.05, 0) is 42.7 Å². The summed E-state index contributed by atoms with van der Waals surface area (Å²) in [5.41, 5.74) is 2.04. The maximum absolute atomic E-state index is 13.0. The number of carbonyl (C=O) groups excluding carboxylic acids is 2. The van der Waals surface area contributed by atoms with Crippen molar-refractivity contribution in [1.29, 1.82) is 0 Å². The molecule has 2 aliphatic rings. The molecule has 1 aliphatic heterocycles. The Balaban J connectivity index is 1.30. The zero-order chi connectivity index (χ0) is 21.6. The van der Waals surface area contributed by atoms with E-state index in [0.717, 1.165) is 22.0 Å². The summed E-state index contributed by atoms with van der Waals surface area (Å²) in [6.07, 6.45) is 2.86. The highest BCUT2D eigenvalue weighted by molar-refractivity contribution is 6.34. The van der Waals surface area contributed by atoms with Gasteiger partial charge in [0.25, 0.3) is 11.8 Å². The van der Waals surface area contributed by atoms with Crippen molar-refractivity contribution in [1.82, 2.24) is 14.8 Å². The van der Waals surface area contributed by atoms with E-state index in [4.69, 9.17) is 11.6 Å². The van der Waals surface area contributed by atoms with Crippen LogP contribution in [0, 0.1) is 0 Å². The number of hydrogen-bond donors (Lipinski definition) is 1. The highest BCUT2D eigenvalue weighted by Crippen LogP contribution is 2.37. The van der Waals surface area contributed by atoms with Gasteiger partial charge in [0.05, 0.1) is 16.1 Å². The van der Waals surface area contributed by atoms with Crippen molar-refractivity contribution in [3.63, 3.8) is 0 Å². The number of carbonyl (C=O) groups is 2. The van der Waals surface area contributed by atoms with Crippen LogP contribution >= 0.6 is 11.6 Å². The van der Waals surface area contributed by atoms with E-state index >= 15 is 0 Å². The number of aromatic nitrogens is 1. The van der Waals surface area contributed by atoms with Crippen LogP contribution in [0.2, 0.25) is 5.02 Å². The molecule has 2 aromatic carbocycles. The van der Waals surface area contributed by atoms with Gasteiger partial charge in [-0.1, -0.05) is 35.9 Å². The monoisotopic (exact) mass is 435 g/mol. The number of rotatable bonds is 3. The van der Waals surface area contributed by atoms with Crippen molar-refractivity contribution in [3.8, 4) is 11.1 Å². The van der Waals surface area contributed by atoms with Gasteiger partial charge in [-0.3, -0.25) is 14.6 Å². The Bertz CT molecular complexity index is 1180. The minimum atomic E-state index is -1.16. The minimum Gasteiger partial charge on any atom is -0.380 e. The molecule has 0 spiro atoms. The molecule has 0 unspecified atom stereocenters. The highest BCUT2D eigenvalue weighted by Gasteiger charge is 2.50. The minimum absolute atomic E-state index is 0.148. The number of pyridine rings is 1. The van der Waals surface area contributed by atoms with Crippen LogP contribution in [0.3, 0.4) is 0 Å². The van der Waals surface area contributed by atoms with Gasteiger partial charge in [0.15, 0.2) is 0 Å². The Morgan fingerprint density at radius 1 is 0.935 bits per heavy atom. The Kier molecular flexibility index (Phi) is 4.91. The van der Waals surface area contributed by atoms with Crippen LogP contribution in [0.5, 0.6) is 0 Å². The van der Waals surface area contributed by atoms with Crippen molar-refractivity contribution < 1.29 is 14.7 Å². The summed E-state index contributed by atoms with van der Waals surface area (Å²) < 4.78 is 0. The number of aliphatic hydroxyl groups is 1. The van der Waals surface area contributed by atoms with E-state index in [9.17, 15) is 14.7 Å². The van der Waals surface area contributed by atoms with Gasteiger partial charge in [-0.25, -0.2) is 0 Å². The lowest BCUT2D eigenvalue weighted by Gasteiger charge is -2.36. The largest absolute Gasteiger partial charge is 0.380 e. The van der Waals surface area contributed by atoms with E-state index in [0.29, 0.717) is 49.6 Å². The summed E-state index contributed by atoms with van der Waals surface area (Å²) in [4.78, 5) is 33.1. The van der Waals surface area contributed by atoms with E-state index in [2.05, 4.69) is 11.1 Å². The smallest absolute Gasteiger partial charge is 0.255 e. The first-order valence-corrected chi connectivity index (χ1v) is 10.8. The molecule has 3 aromatic rings. The summed E-state index contributed by atoms with van der Waals surface area (Å²) in [6, 6.07) is 15.4. The van der Waals surface area contributed by atoms with Gasteiger partial charge < -0.3 is 14.9 Å². The number of hydrogen-bond acceptors (Lipinski definition) is 4. The number of amides is 2. The van der Waals surface area contributed by atoms with E-state index in [1.807, 2.05) is 30.3 Å². The summed E-state index contributed by atoms with van der Waals surface area (Å²) in [5, 5.41) is 11.5. The van der Waals surface area contributed by atoms with Crippen LogP contribution in [0.15, 0.2) is 54.7 Å². The molecule has 5 rings (SSSR count). The molecule has 1 aromatic heterocycles. The predicted molar refractivity (Wildman–Crippen MR) is 119 cm³/mol. The number of benzene rings is 2. The Hall–Kier alpha value is -2.96. The van der Waals surface area contributed by atoms with Crippen LogP contribution in [0.4, 0.5) is 0 Å². The van der Waals surface area contributed by atoms with Crippen LogP contribution in [0.25, 0.3) is 22.0 Å². The third kappa shape index (κ3) is 3.77. The zero-order valence-corrected chi connectivity index (χ0v) is 17.7. The summed E-state index contributed by atoms with van der Waals surface area (Å²) >= 11 is 6.49. The highest BCUT2D eigenvalue weighted by atomic mass is 35.5. The summed E-state index contributed by atoms with van der Waals surface area (Å²) in [5.74, 6) is -0.364. The molecule has 31 heavy (non-hydrogen) atoms. The first-order chi connectivity index (χ1) is 14.9. The second-order valence-corrected chi connectivity index (χ2v) is 8.63. The maximum Gasteiger partial charge on any atom is 0.255 e. The van der Waals surface area contributed by atoms with Gasteiger partial charge in [-0.15, -0.1) is 0 Å². The molecule has 0 bridgehead atoms. The molecule has 6 nitrogen and oxygen atoms in total. The van der Waals surface area contributed by atoms with E-state index in [1.165, 1.54) is 0 Å². The van der Waals surface area contributed by atoms with Gasteiger partial charge in [0.2, 0.25) is 0 Å². The molecule has 1 saturated carbocycles. The molecular formula is C24H22ClN3O3. The fraction of sp³-hybridized carbons (Fsp3) is 0.292. The van der Waals surface area contributed by atoms with Crippen molar-refractivity contribution in [2.45, 2.75) is 18.4 Å². The van der Waals surface area contributed by atoms with Gasteiger partial charge >= 0.3 is 0 Å². The number of para-hydroxylation sites is 1. The van der Waals surface area contributed by atoms with Crippen LogP contribution in [-0.4, -0.2) is 63.5 Å². The lowest BCUT2D eigenvalue weighted by Crippen LogP contribution is -2.53. The molecule has 1 aliphatic carbocycles. The number of nitrogens with zero attached hydrogens (tertiary/aromatic N) is 3. The number of halogens is 1. The standard InChI is InChI=1S/C24H22ClN3O3/c25-20-14-16(18-13-17-3-1-2-4-21(17)26-15-18)5-6-19(20)22(29)27-9-11-28(12-10-27)23(30)24(31)7-8-24/h1-6,13-15,31H,7-12H2. The average molecular weight is 436 g/mol. The van der Waals surface area contributed by atoms with Crippen molar-refractivity contribution >= 4 is 34.3 Å². The third-order valence-corrected chi connectivity index (χ3v) is 6.41. The molecule has 0 radical (unpaired) electrons. The quantitative estimate of drug-likeness (QED) is 0.684. The molecular weight excluding hydrogens is 414 g/mol. The Morgan fingerprint density at radius 2 is 1.65 bits per heavy atom. The Morgan fingerprint density at radius 3 is 2.35 bits per heavy atom. The van der Waals surface area contributed by atoms with E-state index in [1.54, 1.807) is 28.1 Å². The third-order valence-electron chi connectivity index (χ3n) is 6.10. The van der Waals surface area contributed by atoms with Crippen LogP contribution in [-0.2, 0) is 4.79 Å². The molecule has 2 amide bonds. The lowest BCUT2D eigenvalue weighted by molar-refractivity contribution is -0.143. The lowest BCUT2D eigenvalue weighted by atomic mass is 10.0. The second kappa shape index (κ2) is 7.62. The van der Waals surface area contributed by atoms with Crippen molar-refractivity contribution in [2.75, 3.05) is 26.2 Å². The number of fused-ring (bicyclic) bond motifs is 1. The fourth-order valence-corrected chi connectivity index (χ4v) is 4.27. The molecule has 7 heteroatoms. The van der Waals surface area contributed by atoms with Gasteiger partial charge in [0.1, 0.15) is 5.60 Å². The molecule has 1 N–H and O–H groups in total. The normalized spacial score (nSPS) is 17.6. The van der Waals surface area contributed by atoms with Crippen molar-refractivity contribution in [2.24, 2.45) is 0 Å². The van der Waals surface area contributed by atoms with Crippen LogP contribution < -0.4 is 0 Å². The van der Waals surface area contributed by atoms with Crippen LogP contribution in [0.1, 0.15) is 23.2 Å². The summed E-state index contributed by atoms with van der Waals surface area (Å²) in [6.45, 7) is 1.69. The van der Waals surface area contributed by atoms with Crippen molar-refractivity contribution in [3.05, 3.63) is 65.3 Å². The maximum atomic E-state index is 13.0. The predicted octanol–water partition coefficient (Wildman–Crippen LogP) is 3.36. The molecule has 158 valence electrons. The molecule has 2 fully saturated rings. The second-order valence-electron chi connectivity index (χ2n) is 8.23. The summed E-state index contributed by atoms with van der Waals surface area (Å²) in [7, 11) is 0. The fourth-order valence-electron chi connectivity index (χ4n) is 4.01. The van der Waals surface area contributed by atoms with E-state index < -0.39 is 5.60 Å². The zero-order valence-electron chi connectivity index (χ0n) is 16.9. The molecule has 2 heterocycles. The topological polar surface area (TPSA) is 73.7 Å². The van der Waals surface area contributed by atoms with Gasteiger partial charge in [0, 0.05) is 43.3 Å². The molecule has 0 atom stereocenters. The Labute approximate surface area is 185 Å². The first-order valence-electron chi connectivity index (χ1n) is 10.4.